The molecule has 0 saturated heterocycles. The van der Waals surface area contributed by atoms with Gasteiger partial charge in [0.25, 0.3) is 11.8 Å². The van der Waals surface area contributed by atoms with Crippen molar-refractivity contribution in [2.24, 2.45) is 0 Å². The van der Waals surface area contributed by atoms with Crippen LogP contribution in [0.15, 0.2) is 78.4 Å². The number of halogens is 1. The van der Waals surface area contributed by atoms with Crippen molar-refractivity contribution in [1.82, 2.24) is 0 Å². The number of hydrogen-bond donors (Lipinski definition) is 2. The van der Waals surface area contributed by atoms with Crippen molar-refractivity contribution < 1.29 is 23.9 Å². The Morgan fingerprint density at radius 3 is 2.29 bits per heavy atom. The molecule has 0 aliphatic rings. The number of carbonyl (C=O) groups is 3. The quantitative estimate of drug-likeness (QED) is 0.269. The lowest BCUT2D eigenvalue weighted by atomic mass is 10.1. The van der Waals surface area contributed by atoms with Crippen LogP contribution in [0.3, 0.4) is 0 Å². The summed E-state index contributed by atoms with van der Waals surface area (Å²) in [5.74, 6) is -1.20. The average molecular weight is 490 g/mol. The van der Waals surface area contributed by atoms with Crippen molar-refractivity contribution >= 4 is 46.8 Å². The molecule has 3 rings (SSSR count). The molecule has 176 valence electrons. The molecule has 0 saturated carbocycles. The van der Waals surface area contributed by atoms with E-state index < -0.39 is 11.9 Å². The van der Waals surface area contributed by atoms with E-state index in [4.69, 9.17) is 16.3 Å². The Morgan fingerprint density at radius 1 is 0.971 bits per heavy atom. The Kier molecular flexibility index (Phi) is 8.59. The molecule has 0 aromatic heterocycles. The fourth-order valence-electron chi connectivity index (χ4n) is 2.91. The van der Waals surface area contributed by atoms with Crippen LogP contribution < -0.4 is 15.4 Å². The summed E-state index contributed by atoms with van der Waals surface area (Å²) in [5.41, 5.74) is 1.71. The molecule has 2 N–H and O–H groups in total. The van der Waals surface area contributed by atoms with Gasteiger partial charge in [0.15, 0.2) is 6.61 Å². The van der Waals surface area contributed by atoms with Gasteiger partial charge in [-0.25, -0.2) is 4.79 Å². The zero-order valence-electron chi connectivity index (χ0n) is 18.6. The molecular formula is C26H20ClN3O5. The van der Waals surface area contributed by atoms with Gasteiger partial charge in [-0.2, -0.15) is 5.26 Å². The van der Waals surface area contributed by atoms with Gasteiger partial charge in [0, 0.05) is 11.4 Å². The minimum absolute atomic E-state index is 0.158. The van der Waals surface area contributed by atoms with Gasteiger partial charge >= 0.3 is 5.97 Å². The summed E-state index contributed by atoms with van der Waals surface area (Å²) in [6, 6.07) is 21.5. The highest BCUT2D eigenvalue weighted by molar-refractivity contribution is 6.32. The standard InChI is InChI=1S/C26H20ClN3O5/c1-34-26(33)18-8-10-21(11-9-18)30-25(32)19(15-28)13-17-7-12-23(22(27)14-17)35-16-24(31)29-20-5-3-2-4-6-20/h2-14H,16H2,1H3,(H,29,31)(H,30,32)/b19-13+. The van der Waals surface area contributed by atoms with Crippen LogP contribution >= 0.6 is 11.6 Å². The molecule has 0 radical (unpaired) electrons. The Bertz CT molecular complexity index is 1300. The van der Waals surface area contributed by atoms with Crippen LogP contribution in [-0.2, 0) is 14.3 Å². The number of ether oxygens (including phenoxy) is 2. The summed E-state index contributed by atoms with van der Waals surface area (Å²) in [6.45, 7) is -0.246. The fourth-order valence-corrected chi connectivity index (χ4v) is 3.15. The first-order valence-electron chi connectivity index (χ1n) is 10.3. The molecule has 3 aromatic carbocycles. The highest BCUT2D eigenvalue weighted by Crippen LogP contribution is 2.26. The monoisotopic (exact) mass is 489 g/mol. The molecule has 0 aliphatic heterocycles. The van der Waals surface area contributed by atoms with Gasteiger partial charge in [-0.15, -0.1) is 0 Å². The predicted molar refractivity (Wildman–Crippen MR) is 132 cm³/mol. The van der Waals surface area contributed by atoms with E-state index >= 15 is 0 Å². The normalized spacial score (nSPS) is 10.6. The highest BCUT2D eigenvalue weighted by atomic mass is 35.5. The summed E-state index contributed by atoms with van der Waals surface area (Å²) in [5, 5.41) is 14.9. The first-order chi connectivity index (χ1) is 16.9. The number of nitrogens with zero attached hydrogens (tertiary/aromatic N) is 1. The van der Waals surface area contributed by atoms with E-state index in [0.717, 1.165) is 0 Å². The molecule has 35 heavy (non-hydrogen) atoms. The first kappa shape index (κ1) is 25.0. The smallest absolute Gasteiger partial charge is 0.337 e. The van der Waals surface area contributed by atoms with E-state index in [2.05, 4.69) is 15.4 Å². The third-order valence-electron chi connectivity index (χ3n) is 4.61. The lowest BCUT2D eigenvalue weighted by Gasteiger charge is -2.09. The van der Waals surface area contributed by atoms with Gasteiger partial charge in [0.05, 0.1) is 17.7 Å². The highest BCUT2D eigenvalue weighted by Gasteiger charge is 2.12. The van der Waals surface area contributed by atoms with Crippen molar-refractivity contribution in [3.05, 3.63) is 94.5 Å². The number of hydrogen-bond acceptors (Lipinski definition) is 6. The number of nitrogens with one attached hydrogen (secondary N) is 2. The molecule has 0 heterocycles. The number of rotatable bonds is 8. The Morgan fingerprint density at radius 2 is 1.66 bits per heavy atom. The van der Waals surface area contributed by atoms with Gasteiger partial charge in [0.2, 0.25) is 0 Å². The number of nitriles is 1. The maximum atomic E-state index is 12.5. The number of carbonyl (C=O) groups excluding carboxylic acids is 3. The summed E-state index contributed by atoms with van der Waals surface area (Å²) < 4.78 is 10.1. The van der Waals surface area contributed by atoms with Crippen LogP contribution in [-0.4, -0.2) is 31.5 Å². The molecule has 0 atom stereocenters. The van der Waals surface area contributed by atoms with Crippen LogP contribution in [0.4, 0.5) is 11.4 Å². The molecule has 0 fully saturated rings. The summed E-state index contributed by atoms with van der Waals surface area (Å²) in [7, 11) is 1.27. The molecule has 9 heteroatoms. The molecule has 2 amide bonds. The van der Waals surface area contributed by atoms with E-state index in [1.807, 2.05) is 12.1 Å². The summed E-state index contributed by atoms with van der Waals surface area (Å²) >= 11 is 6.25. The largest absolute Gasteiger partial charge is 0.482 e. The second kappa shape index (κ2) is 12.0. The fraction of sp³-hybridized carbons (Fsp3) is 0.0769. The first-order valence-corrected chi connectivity index (χ1v) is 10.7. The van der Waals surface area contributed by atoms with Gasteiger partial charge in [-0.05, 0) is 60.2 Å². The molecular weight excluding hydrogens is 470 g/mol. The van der Waals surface area contributed by atoms with Crippen LogP contribution in [0.5, 0.6) is 5.75 Å². The zero-order chi connectivity index (χ0) is 25.2. The van der Waals surface area contributed by atoms with E-state index in [-0.39, 0.29) is 28.9 Å². The third kappa shape index (κ3) is 7.19. The zero-order valence-corrected chi connectivity index (χ0v) is 19.3. The molecule has 0 bridgehead atoms. The number of para-hydroxylation sites is 1. The predicted octanol–water partition coefficient (Wildman–Crippen LogP) is 4.69. The molecule has 3 aromatic rings. The Balaban J connectivity index is 1.62. The van der Waals surface area contributed by atoms with Crippen molar-refractivity contribution in [2.75, 3.05) is 24.4 Å². The van der Waals surface area contributed by atoms with Crippen molar-refractivity contribution in [3.63, 3.8) is 0 Å². The molecule has 8 nitrogen and oxygen atoms in total. The maximum absolute atomic E-state index is 12.5. The second-order valence-corrected chi connectivity index (χ2v) is 7.49. The van der Waals surface area contributed by atoms with E-state index in [0.29, 0.717) is 22.5 Å². The molecule has 0 spiro atoms. The van der Waals surface area contributed by atoms with Crippen molar-refractivity contribution in [2.45, 2.75) is 0 Å². The van der Waals surface area contributed by atoms with Gasteiger partial charge < -0.3 is 20.1 Å². The van der Waals surface area contributed by atoms with Gasteiger partial charge in [-0.3, -0.25) is 9.59 Å². The third-order valence-corrected chi connectivity index (χ3v) is 4.91. The molecule has 0 aliphatic carbocycles. The lowest BCUT2D eigenvalue weighted by molar-refractivity contribution is -0.118. The topological polar surface area (TPSA) is 118 Å². The van der Waals surface area contributed by atoms with Gasteiger partial charge in [0.1, 0.15) is 17.4 Å². The number of esters is 1. The minimum atomic E-state index is -0.632. The van der Waals surface area contributed by atoms with E-state index in [9.17, 15) is 19.6 Å². The number of benzene rings is 3. The van der Waals surface area contributed by atoms with Crippen LogP contribution in [0.25, 0.3) is 6.08 Å². The van der Waals surface area contributed by atoms with Crippen LogP contribution in [0.2, 0.25) is 5.02 Å². The van der Waals surface area contributed by atoms with Crippen LogP contribution in [0.1, 0.15) is 15.9 Å². The maximum Gasteiger partial charge on any atom is 0.337 e. The summed E-state index contributed by atoms with van der Waals surface area (Å²) in [6.07, 6.45) is 1.37. The van der Waals surface area contributed by atoms with E-state index in [1.54, 1.807) is 36.4 Å². The summed E-state index contributed by atoms with van der Waals surface area (Å²) in [4.78, 5) is 36.1. The second-order valence-electron chi connectivity index (χ2n) is 7.09. The minimum Gasteiger partial charge on any atom is -0.482 e. The van der Waals surface area contributed by atoms with E-state index in [1.165, 1.54) is 43.5 Å². The van der Waals surface area contributed by atoms with Crippen LogP contribution in [0, 0.1) is 11.3 Å². The number of methoxy groups -OCH3 is 1. The molecule has 0 unspecified atom stereocenters. The number of amides is 2. The SMILES string of the molecule is COC(=O)c1ccc(NC(=O)/C(C#N)=C/c2ccc(OCC(=O)Nc3ccccc3)c(Cl)c2)cc1. The Hall–Kier alpha value is -4.61. The lowest BCUT2D eigenvalue weighted by Crippen LogP contribution is -2.20. The average Bonchev–Trinajstić information content (AvgIpc) is 2.87. The Labute approximate surface area is 206 Å². The van der Waals surface area contributed by atoms with Gasteiger partial charge in [-0.1, -0.05) is 35.9 Å². The van der Waals surface area contributed by atoms with Crippen molar-refractivity contribution in [3.8, 4) is 11.8 Å². The number of anilines is 2. The van der Waals surface area contributed by atoms with Crippen molar-refractivity contribution in [1.29, 1.82) is 5.26 Å².